The van der Waals surface area contributed by atoms with E-state index in [0.717, 1.165) is 5.56 Å². The lowest BCUT2D eigenvalue weighted by Gasteiger charge is -2.08. The molecule has 3 rings (SSSR count). The minimum absolute atomic E-state index is 0.125. The maximum Gasteiger partial charge on any atom is 0.258 e. The maximum atomic E-state index is 12.1. The van der Waals surface area contributed by atoms with Gasteiger partial charge in [0.2, 0.25) is 5.91 Å². The number of benzene rings is 1. The van der Waals surface area contributed by atoms with Gasteiger partial charge in [-0.15, -0.1) is 0 Å². The van der Waals surface area contributed by atoms with Gasteiger partial charge in [-0.3, -0.25) is 14.0 Å². The highest BCUT2D eigenvalue weighted by Crippen LogP contribution is 2.16. The van der Waals surface area contributed by atoms with Crippen molar-refractivity contribution >= 4 is 17.2 Å². The van der Waals surface area contributed by atoms with E-state index in [1.807, 2.05) is 19.1 Å². The van der Waals surface area contributed by atoms with Gasteiger partial charge >= 0.3 is 0 Å². The molecule has 0 aliphatic heterocycles. The summed E-state index contributed by atoms with van der Waals surface area (Å²) in [7, 11) is 0. The minimum Gasteiger partial charge on any atom is -0.487 e. The zero-order valence-corrected chi connectivity index (χ0v) is 13.4. The van der Waals surface area contributed by atoms with Crippen LogP contribution < -0.4 is 15.6 Å². The number of pyridine rings is 1. The molecular weight excluding hydrogens is 306 g/mol. The molecule has 0 bridgehead atoms. The van der Waals surface area contributed by atoms with Crippen LogP contribution in [-0.4, -0.2) is 15.3 Å². The van der Waals surface area contributed by atoms with Gasteiger partial charge in [0.05, 0.1) is 5.69 Å². The summed E-state index contributed by atoms with van der Waals surface area (Å²) >= 11 is 0. The number of carbonyl (C=O) groups is 1. The highest BCUT2D eigenvalue weighted by atomic mass is 16.5. The molecule has 1 N–H and O–H groups in total. The van der Waals surface area contributed by atoms with Crippen LogP contribution >= 0.6 is 0 Å². The average molecular weight is 323 g/mol. The Bertz CT molecular complexity index is 946. The van der Waals surface area contributed by atoms with Crippen LogP contribution in [0.1, 0.15) is 18.2 Å². The molecule has 1 amide bonds. The number of carbonyl (C=O) groups excluding carboxylic acids is 1. The van der Waals surface area contributed by atoms with Crippen molar-refractivity contribution < 1.29 is 9.53 Å². The molecule has 0 unspecified atom stereocenters. The van der Waals surface area contributed by atoms with Crippen LogP contribution in [0.3, 0.4) is 0 Å². The Kier molecular flexibility index (Phi) is 4.29. The van der Waals surface area contributed by atoms with Gasteiger partial charge in [-0.1, -0.05) is 6.07 Å². The van der Waals surface area contributed by atoms with Crippen LogP contribution in [0, 0.1) is 6.92 Å². The molecule has 2 heterocycles. The fourth-order valence-corrected chi connectivity index (χ4v) is 2.33. The zero-order valence-electron chi connectivity index (χ0n) is 13.4. The van der Waals surface area contributed by atoms with Gasteiger partial charge in [0.15, 0.2) is 0 Å². The lowest BCUT2D eigenvalue weighted by atomic mass is 10.3. The van der Waals surface area contributed by atoms with E-state index in [2.05, 4.69) is 10.3 Å². The van der Waals surface area contributed by atoms with Crippen molar-refractivity contribution in [1.29, 1.82) is 0 Å². The highest BCUT2D eigenvalue weighted by Gasteiger charge is 2.04. The van der Waals surface area contributed by atoms with Gasteiger partial charge in [-0.25, -0.2) is 4.98 Å². The second-order valence-electron chi connectivity index (χ2n) is 5.51. The first-order chi connectivity index (χ1) is 11.5. The van der Waals surface area contributed by atoms with Crippen LogP contribution in [-0.2, 0) is 11.4 Å². The monoisotopic (exact) mass is 323 g/mol. The van der Waals surface area contributed by atoms with E-state index >= 15 is 0 Å². The molecule has 0 saturated carbocycles. The van der Waals surface area contributed by atoms with Gasteiger partial charge < -0.3 is 10.1 Å². The maximum absolute atomic E-state index is 12.1. The Morgan fingerprint density at radius 1 is 1.21 bits per heavy atom. The number of hydrogen-bond acceptors (Lipinski definition) is 4. The molecule has 0 saturated heterocycles. The Hall–Kier alpha value is -3.15. The van der Waals surface area contributed by atoms with Crippen LogP contribution in [0.2, 0.25) is 0 Å². The van der Waals surface area contributed by atoms with Gasteiger partial charge in [-0.05, 0) is 42.8 Å². The first-order valence-corrected chi connectivity index (χ1v) is 7.51. The van der Waals surface area contributed by atoms with Gasteiger partial charge in [0.25, 0.3) is 5.56 Å². The molecule has 0 spiro atoms. The van der Waals surface area contributed by atoms with Crippen molar-refractivity contribution in [3.8, 4) is 5.75 Å². The fraction of sp³-hybridized carbons (Fsp3) is 0.167. The molecule has 24 heavy (non-hydrogen) atoms. The third kappa shape index (κ3) is 3.60. The molecule has 0 radical (unpaired) electrons. The largest absolute Gasteiger partial charge is 0.487 e. The molecule has 0 atom stereocenters. The smallest absolute Gasteiger partial charge is 0.258 e. The number of fused-ring (bicyclic) bond motifs is 1. The number of nitrogens with zero attached hydrogens (tertiary/aromatic N) is 2. The summed E-state index contributed by atoms with van der Waals surface area (Å²) in [6.07, 6.45) is 1.76. The number of anilines is 1. The van der Waals surface area contributed by atoms with E-state index in [9.17, 15) is 9.59 Å². The summed E-state index contributed by atoms with van der Waals surface area (Å²) in [5, 5.41) is 2.69. The summed E-state index contributed by atoms with van der Waals surface area (Å²) in [6.45, 7) is 3.57. The van der Waals surface area contributed by atoms with E-state index in [4.69, 9.17) is 4.74 Å². The van der Waals surface area contributed by atoms with E-state index in [0.29, 0.717) is 22.8 Å². The summed E-state index contributed by atoms with van der Waals surface area (Å²) in [4.78, 5) is 27.6. The van der Waals surface area contributed by atoms with E-state index in [1.165, 1.54) is 17.4 Å². The van der Waals surface area contributed by atoms with Crippen molar-refractivity contribution in [2.75, 3.05) is 5.32 Å². The van der Waals surface area contributed by atoms with Crippen molar-refractivity contribution in [2.45, 2.75) is 20.5 Å². The van der Waals surface area contributed by atoms with Crippen LogP contribution in [0.15, 0.2) is 53.5 Å². The van der Waals surface area contributed by atoms with E-state index in [1.54, 1.807) is 30.5 Å². The van der Waals surface area contributed by atoms with Crippen molar-refractivity contribution in [1.82, 2.24) is 9.38 Å². The second-order valence-corrected chi connectivity index (χ2v) is 5.51. The lowest BCUT2D eigenvalue weighted by molar-refractivity contribution is -0.114. The number of aromatic nitrogens is 2. The summed E-state index contributed by atoms with van der Waals surface area (Å²) in [5.74, 6) is 0.509. The second kappa shape index (κ2) is 6.54. The standard InChI is InChI=1S/C18H17N3O3/c1-12-3-8-17-20-15(9-18(23)21(17)10-12)11-24-16-6-4-14(5-7-16)19-13(2)22/h3-10H,11H2,1-2H3,(H,19,22). The van der Waals surface area contributed by atoms with E-state index < -0.39 is 0 Å². The molecule has 1 aromatic carbocycles. The van der Waals surface area contributed by atoms with Gasteiger partial charge in [0.1, 0.15) is 18.0 Å². The molecule has 6 heteroatoms. The average Bonchev–Trinajstić information content (AvgIpc) is 2.54. The number of hydrogen-bond donors (Lipinski definition) is 1. The predicted octanol–water partition coefficient (Wildman–Crippen LogP) is 2.54. The number of amides is 1. The Morgan fingerprint density at radius 2 is 1.96 bits per heavy atom. The first kappa shape index (κ1) is 15.7. The normalized spacial score (nSPS) is 10.6. The third-order valence-electron chi connectivity index (χ3n) is 3.42. The molecule has 6 nitrogen and oxygen atoms in total. The molecule has 122 valence electrons. The minimum atomic E-state index is -0.136. The van der Waals surface area contributed by atoms with Crippen molar-refractivity contribution in [3.63, 3.8) is 0 Å². The number of ether oxygens (including phenoxy) is 1. The summed E-state index contributed by atoms with van der Waals surface area (Å²) in [6, 6.07) is 12.2. The van der Waals surface area contributed by atoms with Gasteiger partial charge in [0, 0.05) is 24.9 Å². The molecule has 0 aliphatic rings. The fourth-order valence-electron chi connectivity index (χ4n) is 2.33. The summed E-state index contributed by atoms with van der Waals surface area (Å²) < 4.78 is 7.17. The predicted molar refractivity (Wildman–Crippen MR) is 91.3 cm³/mol. The van der Waals surface area contributed by atoms with Crippen molar-refractivity contribution in [2.24, 2.45) is 0 Å². The first-order valence-electron chi connectivity index (χ1n) is 7.51. The Labute approximate surface area is 138 Å². The molecular formula is C18H17N3O3. The highest BCUT2D eigenvalue weighted by molar-refractivity contribution is 5.88. The van der Waals surface area contributed by atoms with Gasteiger partial charge in [-0.2, -0.15) is 0 Å². The molecule has 3 aromatic rings. The van der Waals surface area contributed by atoms with Crippen molar-refractivity contribution in [3.05, 3.63) is 70.3 Å². The van der Waals surface area contributed by atoms with Crippen LogP contribution in [0.25, 0.3) is 5.65 Å². The Balaban J connectivity index is 1.74. The summed E-state index contributed by atoms with van der Waals surface area (Å²) in [5.41, 5.74) is 2.72. The van der Waals surface area contributed by atoms with Crippen LogP contribution in [0.4, 0.5) is 5.69 Å². The zero-order chi connectivity index (χ0) is 17.1. The molecule has 0 fully saturated rings. The quantitative estimate of drug-likeness (QED) is 0.801. The molecule has 2 aromatic heterocycles. The number of aryl methyl sites for hydroxylation is 1. The third-order valence-corrected chi connectivity index (χ3v) is 3.42. The molecule has 0 aliphatic carbocycles. The van der Waals surface area contributed by atoms with Crippen LogP contribution in [0.5, 0.6) is 5.75 Å². The van der Waals surface area contributed by atoms with E-state index in [-0.39, 0.29) is 18.1 Å². The topological polar surface area (TPSA) is 72.7 Å². The number of nitrogens with one attached hydrogen (secondary N) is 1. The lowest BCUT2D eigenvalue weighted by Crippen LogP contribution is -2.16. The SMILES string of the molecule is CC(=O)Nc1ccc(OCc2cc(=O)n3cc(C)ccc3n2)cc1. The Morgan fingerprint density at radius 3 is 2.67 bits per heavy atom. The number of rotatable bonds is 4.